The van der Waals surface area contributed by atoms with Crippen molar-refractivity contribution in [3.8, 4) is 0 Å². The maximum Gasteiger partial charge on any atom is 0.235 e. The Morgan fingerprint density at radius 3 is 2.62 bits per heavy atom. The van der Waals surface area contributed by atoms with Crippen LogP contribution < -0.4 is 0 Å². The smallest absolute Gasteiger partial charge is 0.235 e. The number of nitrogens with zero attached hydrogens (tertiary/aromatic N) is 1. The van der Waals surface area contributed by atoms with E-state index in [2.05, 4.69) is 0 Å². The third-order valence-corrected chi connectivity index (χ3v) is 5.32. The summed E-state index contributed by atoms with van der Waals surface area (Å²) < 4.78 is 13.7. The molecule has 0 saturated carbocycles. The lowest BCUT2D eigenvalue weighted by molar-refractivity contribution is -0.130. The van der Waals surface area contributed by atoms with Gasteiger partial charge in [0, 0.05) is 29.4 Å². The molecular weight excluding hydrogens is 309 g/mol. The number of rotatable bonds is 4. The molecule has 1 aliphatic heterocycles. The molecule has 0 bridgehead atoms. The van der Waals surface area contributed by atoms with E-state index < -0.39 is 0 Å². The number of amides is 1. The Morgan fingerprint density at radius 2 is 2.00 bits per heavy atom. The fraction of sp³-hybridized carbons (Fsp3) is 0.562. The summed E-state index contributed by atoms with van der Waals surface area (Å²) in [4.78, 5) is 14.4. The predicted molar refractivity (Wildman–Crippen MR) is 87.2 cm³/mol. The van der Waals surface area contributed by atoms with Crippen molar-refractivity contribution in [2.45, 2.75) is 43.6 Å². The first-order valence-corrected chi connectivity index (χ1v) is 8.85. The van der Waals surface area contributed by atoms with E-state index in [1.54, 1.807) is 12.1 Å². The van der Waals surface area contributed by atoms with Gasteiger partial charge in [0.1, 0.15) is 5.82 Å². The molecule has 116 valence electrons. The van der Waals surface area contributed by atoms with Crippen LogP contribution in [0, 0.1) is 5.82 Å². The van der Waals surface area contributed by atoms with E-state index >= 15 is 0 Å². The van der Waals surface area contributed by atoms with Crippen molar-refractivity contribution in [2.75, 3.05) is 13.1 Å². The van der Waals surface area contributed by atoms with Crippen LogP contribution in [-0.2, 0) is 10.5 Å². The Bertz CT molecular complexity index is 469. The van der Waals surface area contributed by atoms with Crippen LogP contribution in [0.3, 0.4) is 0 Å². The van der Waals surface area contributed by atoms with Gasteiger partial charge in [-0.25, -0.2) is 4.39 Å². The van der Waals surface area contributed by atoms with E-state index in [4.69, 9.17) is 11.6 Å². The Morgan fingerprint density at radius 1 is 1.33 bits per heavy atom. The average molecular weight is 330 g/mol. The molecule has 1 unspecified atom stereocenters. The van der Waals surface area contributed by atoms with Crippen molar-refractivity contribution in [3.63, 3.8) is 0 Å². The molecule has 1 aromatic rings. The second-order valence-electron chi connectivity index (χ2n) is 5.39. The highest BCUT2D eigenvalue weighted by Gasteiger charge is 2.22. The van der Waals surface area contributed by atoms with Gasteiger partial charge >= 0.3 is 0 Å². The van der Waals surface area contributed by atoms with E-state index in [-0.39, 0.29) is 17.0 Å². The highest BCUT2D eigenvalue weighted by Crippen LogP contribution is 2.27. The molecule has 0 aliphatic carbocycles. The fourth-order valence-electron chi connectivity index (χ4n) is 2.50. The largest absolute Gasteiger partial charge is 0.342 e. The second-order valence-corrected chi connectivity index (χ2v) is 7.13. The molecular formula is C16H21ClFNOS. The maximum atomic E-state index is 13.7. The van der Waals surface area contributed by atoms with Crippen LogP contribution in [0.4, 0.5) is 4.39 Å². The molecule has 0 radical (unpaired) electrons. The Hall–Kier alpha value is -0.740. The molecule has 1 amide bonds. The number of carbonyl (C=O) groups is 1. The van der Waals surface area contributed by atoms with Gasteiger partial charge < -0.3 is 4.90 Å². The SMILES string of the molecule is CC(SCc1c(F)cccc1Cl)C(=O)N1CCCCCC1. The Balaban J connectivity index is 1.91. The van der Waals surface area contributed by atoms with Crippen LogP contribution in [0.1, 0.15) is 38.2 Å². The summed E-state index contributed by atoms with van der Waals surface area (Å²) in [6.07, 6.45) is 4.58. The van der Waals surface area contributed by atoms with Crippen LogP contribution in [0.5, 0.6) is 0 Å². The summed E-state index contributed by atoms with van der Waals surface area (Å²) in [6, 6.07) is 4.68. The summed E-state index contributed by atoms with van der Waals surface area (Å²) in [6.45, 7) is 3.60. The minimum absolute atomic E-state index is 0.161. The number of benzene rings is 1. The zero-order chi connectivity index (χ0) is 15.2. The van der Waals surface area contributed by atoms with Crippen LogP contribution in [-0.4, -0.2) is 29.1 Å². The second kappa shape index (κ2) is 8.04. The van der Waals surface area contributed by atoms with Gasteiger partial charge in [-0.05, 0) is 31.9 Å². The summed E-state index contributed by atoms with van der Waals surface area (Å²) in [5.41, 5.74) is 0.486. The number of carbonyl (C=O) groups excluding carboxylic acids is 1. The highest BCUT2D eigenvalue weighted by atomic mass is 35.5. The van der Waals surface area contributed by atoms with Crippen LogP contribution >= 0.6 is 23.4 Å². The molecule has 1 aromatic carbocycles. The van der Waals surface area contributed by atoms with Gasteiger partial charge in [-0.2, -0.15) is 0 Å². The van der Waals surface area contributed by atoms with Gasteiger partial charge in [0.2, 0.25) is 5.91 Å². The lowest BCUT2D eigenvalue weighted by Gasteiger charge is -2.24. The van der Waals surface area contributed by atoms with Crippen molar-refractivity contribution >= 4 is 29.3 Å². The number of likely N-dealkylation sites (tertiary alicyclic amines) is 1. The maximum absolute atomic E-state index is 13.7. The number of hydrogen-bond donors (Lipinski definition) is 0. The topological polar surface area (TPSA) is 20.3 Å². The lowest BCUT2D eigenvalue weighted by atomic mass is 10.2. The van der Waals surface area contributed by atoms with Crippen molar-refractivity contribution in [1.29, 1.82) is 0 Å². The molecule has 1 saturated heterocycles. The highest BCUT2D eigenvalue weighted by molar-refractivity contribution is 7.99. The molecule has 2 nitrogen and oxygen atoms in total. The molecule has 1 atom stereocenters. The number of halogens is 2. The van der Waals surface area contributed by atoms with E-state index in [9.17, 15) is 9.18 Å². The van der Waals surface area contributed by atoms with Gasteiger partial charge in [0.05, 0.1) is 5.25 Å². The molecule has 1 heterocycles. The minimum atomic E-state index is -0.301. The third-order valence-electron chi connectivity index (χ3n) is 3.80. The first-order valence-electron chi connectivity index (χ1n) is 7.43. The molecule has 2 rings (SSSR count). The Kier molecular flexibility index (Phi) is 6.37. The van der Waals surface area contributed by atoms with Crippen molar-refractivity contribution in [3.05, 3.63) is 34.6 Å². The van der Waals surface area contributed by atoms with Crippen molar-refractivity contribution in [1.82, 2.24) is 4.90 Å². The molecule has 5 heteroatoms. The average Bonchev–Trinajstić information content (AvgIpc) is 2.74. The van der Waals surface area contributed by atoms with E-state index in [1.165, 1.54) is 30.7 Å². The van der Waals surface area contributed by atoms with Crippen LogP contribution in [0.25, 0.3) is 0 Å². The van der Waals surface area contributed by atoms with Crippen LogP contribution in [0.2, 0.25) is 5.02 Å². The molecule has 21 heavy (non-hydrogen) atoms. The first kappa shape index (κ1) is 16.6. The van der Waals surface area contributed by atoms with Crippen LogP contribution in [0.15, 0.2) is 18.2 Å². The number of thioether (sulfide) groups is 1. The monoisotopic (exact) mass is 329 g/mol. The van der Waals surface area contributed by atoms with Gasteiger partial charge in [0.25, 0.3) is 0 Å². The lowest BCUT2D eigenvalue weighted by Crippen LogP contribution is -2.37. The summed E-state index contributed by atoms with van der Waals surface area (Å²) in [5, 5.41) is 0.260. The zero-order valence-corrected chi connectivity index (χ0v) is 13.9. The normalized spacial score (nSPS) is 17.4. The summed E-state index contributed by atoms with van der Waals surface area (Å²) >= 11 is 7.46. The minimum Gasteiger partial charge on any atom is -0.342 e. The molecule has 0 spiro atoms. The summed E-state index contributed by atoms with van der Waals surface area (Å²) in [7, 11) is 0. The predicted octanol–water partition coefficient (Wildman–Crippen LogP) is 4.50. The standard InChI is InChI=1S/C16H21ClFNOS/c1-12(16(20)19-9-4-2-3-5-10-19)21-11-13-14(17)7-6-8-15(13)18/h6-8,12H,2-5,9-11H2,1H3. The fourth-order valence-corrected chi connectivity index (χ4v) is 3.81. The molecule has 0 N–H and O–H groups in total. The van der Waals surface area contributed by atoms with Crippen molar-refractivity contribution < 1.29 is 9.18 Å². The molecule has 1 aliphatic rings. The molecule has 0 aromatic heterocycles. The van der Waals surface area contributed by atoms with E-state index in [1.807, 2.05) is 11.8 Å². The van der Waals surface area contributed by atoms with E-state index in [0.29, 0.717) is 16.3 Å². The van der Waals surface area contributed by atoms with Gasteiger partial charge in [0.15, 0.2) is 0 Å². The first-order chi connectivity index (χ1) is 10.1. The Labute approximate surface area is 135 Å². The molecule has 1 fully saturated rings. The number of hydrogen-bond acceptors (Lipinski definition) is 2. The quantitative estimate of drug-likeness (QED) is 0.810. The van der Waals surface area contributed by atoms with Gasteiger partial charge in [-0.3, -0.25) is 4.79 Å². The van der Waals surface area contributed by atoms with E-state index in [0.717, 1.165) is 25.9 Å². The van der Waals surface area contributed by atoms with Crippen molar-refractivity contribution in [2.24, 2.45) is 0 Å². The van der Waals surface area contributed by atoms with Gasteiger partial charge in [-0.1, -0.05) is 30.5 Å². The zero-order valence-electron chi connectivity index (χ0n) is 12.3. The summed E-state index contributed by atoms with van der Waals surface area (Å²) in [5.74, 6) is 0.283. The van der Waals surface area contributed by atoms with Gasteiger partial charge in [-0.15, -0.1) is 11.8 Å². The third kappa shape index (κ3) is 4.62.